The van der Waals surface area contributed by atoms with E-state index in [1.807, 2.05) is 0 Å². The fourth-order valence-corrected chi connectivity index (χ4v) is 1.74. The van der Waals surface area contributed by atoms with Gasteiger partial charge < -0.3 is 9.47 Å². The number of fused-ring (bicyclic) bond motifs is 1. The first-order chi connectivity index (χ1) is 8.17. The summed E-state index contributed by atoms with van der Waals surface area (Å²) in [4.78, 5) is 10.6. The number of hydrogen-bond acceptors (Lipinski definition) is 4. The second kappa shape index (κ2) is 4.29. The molecule has 0 unspecified atom stereocenters. The Bertz CT molecular complexity index is 575. The van der Waals surface area contributed by atoms with E-state index in [1.165, 1.54) is 14.2 Å². The van der Waals surface area contributed by atoms with Crippen molar-refractivity contribution < 1.29 is 14.4 Å². The van der Waals surface area contributed by atoms with Gasteiger partial charge in [-0.05, 0) is 23.6 Å². The van der Waals surface area contributed by atoms with Gasteiger partial charge in [0, 0.05) is 0 Å². The van der Waals surface area contributed by atoms with Crippen molar-refractivity contribution in [1.82, 2.24) is 0 Å². The molecule has 2 rings (SSSR count). The van der Waals surface area contributed by atoms with Crippen LogP contribution in [0.15, 0.2) is 30.3 Å². The van der Waals surface area contributed by atoms with Gasteiger partial charge in [0.05, 0.1) is 24.5 Å². The highest BCUT2D eigenvalue weighted by molar-refractivity contribution is 5.94. The topological polar surface area (TPSA) is 61.6 Å². The van der Waals surface area contributed by atoms with Crippen LogP contribution in [0.2, 0.25) is 0 Å². The molecule has 0 atom stereocenters. The molecule has 88 valence electrons. The van der Waals surface area contributed by atoms with Crippen LogP contribution in [0.5, 0.6) is 11.5 Å². The molecule has 0 aliphatic carbocycles. The zero-order valence-corrected chi connectivity index (χ0v) is 9.47. The van der Waals surface area contributed by atoms with Crippen molar-refractivity contribution >= 4 is 16.5 Å². The molecule has 0 aliphatic heterocycles. The molecule has 0 aliphatic rings. The summed E-state index contributed by atoms with van der Waals surface area (Å²) in [6.07, 6.45) is 0. The average molecular weight is 233 g/mol. The molecular formula is C12H11NO4. The smallest absolute Gasteiger partial charge is 0.318 e. The Morgan fingerprint density at radius 1 is 1.12 bits per heavy atom. The number of benzene rings is 2. The Morgan fingerprint density at radius 3 is 2.41 bits per heavy atom. The van der Waals surface area contributed by atoms with Gasteiger partial charge in [-0.25, -0.2) is 0 Å². The molecule has 0 amide bonds. The Kier molecular flexibility index (Phi) is 2.82. The first-order valence-electron chi connectivity index (χ1n) is 4.96. The summed E-state index contributed by atoms with van der Waals surface area (Å²) < 4.78 is 10.1. The molecule has 0 N–H and O–H groups in total. The number of ether oxygens (including phenoxy) is 2. The Hall–Kier alpha value is -2.30. The Balaban J connectivity index is 2.81. The van der Waals surface area contributed by atoms with Gasteiger partial charge in [0.2, 0.25) is 0 Å². The number of rotatable bonds is 3. The fourth-order valence-electron chi connectivity index (χ4n) is 1.74. The standard InChI is InChI=1S/C12H11NO4/c1-16-9-5-3-8-4-6-11(17-2)12(13(14)15)10(8)7-9/h3-7H,1-2H3. The average Bonchev–Trinajstić information content (AvgIpc) is 2.36. The highest BCUT2D eigenvalue weighted by atomic mass is 16.6. The maximum atomic E-state index is 11.1. The van der Waals surface area contributed by atoms with Crippen LogP contribution in [0.3, 0.4) is 0 Å². The predicted octanol–water partition coefficient (Wildman–Crippen LogP) is 2.77. The zero-order valence-electron chi connectivity index (χ0n) is 9.47. The summed E-state index contributed by atoms with van der Waals surface area (Å²) >= 11 is 0. The molecule has 0 bridgehead atoms. The van der Waals surface area contributed by atoms with Crippen LogP contribution in [0, 0.1) is 10.1 Å². The summed E-state index contributed by atoms with van der Waals surface area (Å²) in [5.74, 6) is 0.824. The summed E-state index contributed by atoms with van der Waals surface area (Å²) in [5, 5.41) is 12.4. The first kappa shape index (κ1) is 11.2. The number of nitro benzene ring substituents is 1. The van der Waals surface area contributed by atoms with E-state index in [1.54, 1.807) is 30.3 Å². The van der Waals surface area contributed by atoms with Crippen molar-refractivity contribution in [3.8, 4) is 11.5 Å². The molecular weight excluding hydrogens is 222 g/mol. The summed E-state index contributed by atoms with van der Waals surface area (Å²) in [5.41, 5.74) is -0.0381. The third-order valence-electron chi connectivity index (χ3n) is 2.57. The molecule has 0 radical (unpaired) electrons. The normalized spacial score (nSPS) is 10.2. The molecule has 17 heavy (non-hydrogen) atoms. The highest BCUT2D eigenvalue weighted by Gasteiger charge is 2.19. The molecule has 2 aromatic carbocycles. The molecule has 0 saturated heterocycles. The number of nitro groups is 1. The van der Waals surface area contributed by atoms with E-state index in [0.29, 0.717) is 11.1 Å². The van der Waals surface area contributed by atoms with Gasteiger partial charge in [0.25, 0.3) is 0 Å². The van der Waals surface area contributed by atoms with Gasteiger partial charge in [-0.1, -0.05) is 12.1 Å². The second-order valence-corrected chi connectivity index (χ2v) is 3.46. The summed E-state index contributed by atoms with van der Waals surface area (Å²) in [6, 6.07) is 8.54. The van der Waals surface area contributed by atoms with Crippen LogP contribution >= 0.6 is 0 Å². The lowest BCUT2D eigenvalue weighted by molar-refractivity contribution is -0.383. The van der Waals surface area contributed by atoms with Gasteiger partial charge in [-0.2, -0.15) is 0 Å². The Labute approximate surface area is 97.7 Å². The third kappa shape index (κ3) is 1.87. The molecule has 2 aromatic rings. The minimum atomic E-state index is -0.444. The van der Waals surface area contributed by atoms with E-state index in [0.717, 1.165) is 5.39 Å². The zero-order chi connectivity index (χ0) is 12.4. The molecule has 0 saturated carbocycles. The van der Waals surface area contributed by atoms with Crippen LogP contribution in [-0.2, 0) is 0 Å². The number of nitrogens with zero attached hydrogens (tertiary/aromatic N) is 1. The molecule has 0 fully saturated rings. The summed E-state index contributed by atoms with van der Waals surface area (Å²) in [6.45, 7) is 0. The van der Waals surface area contributed by atoms with Crippen LogP contribution in [0.1, 0.15) is 0 Å². The van der Waals surface area contributed by atoms with Crippen LogP contribution < -0.4 is 9.47 Å². The quantitative estimate of drug-likeness (QED) is 0.604. The van der Waals surface area contributed by atoms with Gasteiger partial charge in [-0.15, -0.1) is 0 Å². The van der Waals surface area contributed by atoms with E-state index in [9.17, 15) is 10.1 Å². The van der Waals surface area contributed by atoms with Crippen molar-refractivity contribution in [2.45, 2.75) is 0 Å². The van der Waals surface area contributed by atoms with Crippen molar-refractivity contribution in [3.63, 3.8) is 0 Å². The van der Waals surface area contributed by atoms with Crippen LogP contribution in [0.25, 0.3) is 10.8 Å². The molecule has 5 nitrogen and oxygen atoms in total. The first-order valence-corrected chi connectivity index (χ1v) is 4.96. The highest BCUT2D eigenvalue weighted by Crippen LogP contribution is 2.36. The van der Waals surface area contributed by atoms with Crippen molar-refractivity contribution in [1.29, 1.82) is 0 Å². The minimum absolute atomic E-state index is 0.0381. The van der Waals surface area contributed by atoms with Gasteiger partial charge in [-0.3, -0.25) is 10.1 Å². The number of hydrogen-bond donors (Lipinski definition) is 0. The van der Waals surface area contributed by atoms with Crippen LogP contribution in [0.4, 0.5) is 5.69 Å². The predicted molar refractivity (Wildman–Crippen MR) is 63.7 cm³/mol. The van der Waals surface area contributed by atoms with E-state index in [-0.39, 0.29) is 11.4 Å². The molecule has 5 heteroatoms. The lowest BCUT2D eigenvalue weighted by Crippen LogP contribution is -1.95. The lowest BCUT2D eigenvalue weighted by atomic mass is 10.1. The third-order valence-corrected chi connectivity index (χ3v) is 2.57. The van der Waals surface area contributed by atoms with E-state index in [2.05, 4.69) is 0 Å². The van der Waals surface area contributed by atoms with Crippen molar-refractivity contribution in [3.05, 3.63) is 40.4 Å². The lowest BCUT2D eigenvalue weighted by Gasteiger charge is -2.06. The van der Waals surface area contributed by atoms with E-state index >= 15 is 0 Å². The SMILES string of the molecule is COc1ccc2ccc(OC)c([N+](=O)[O-])c2c1. The van der Waals surface area contributed by atoms with Gasteiger partial charge in [0.1, 0.15) is 5.75 Å². The van der Waals surface area contributed by atoms with Gasteiger partial charge in [0.15, 0.2) is 5.75 Å². The molecule has 0 heterocycles. The fraction of sp³-hybridized carbons (Fsp3) is 0.167. The molecule has 0 spiro atoms. The molecule has 0 aromatic heterocycles. The minimum Gasteiger partial charge on any atom is -0.497 e. The monoisotopic (exact) mass is 233 g/mol. The summed E-state index contributed by atoms with van der Waals surface area (Å²) in [7, 11) is 2.93. The van der Waals surface area contributed by atoms with Crippen molar-refractivity contribution in [2.24, 2.45) is 0 Å². The van der Waals surface area contributed by atoms with Gasteiger partial charge >= 0.3 is 5.69 Å². The van der Waals surface area contributed by atoms with E-state index in [4.69, 9.17) is 9.47 Å². The number of methoxy groups -OCH3 is 2. The maximum absolute atomic E-state index is 11.1. The van der Waals surface area contributed by atoms with Crippen molar-refractivity contribution in [2.75, 3.05) is 14.2 Å². The largest absolute Gasteiger partial charge is 0.497 e. The van der Waals surface area contributed by atoms with Crippen LogP contribution in [-0.4, -0.2) is 19.1 Å². The van der Waals surface area contributed by atoms with E-state index < -0.39 is 4.92 Å². The maximum Gasteiger partial charge on any atom is 0.318 e. The Morgan fingerprint density at radius 2 is 1.82 bits per heavy atom. The second-order valence-electron chi connectivity index (χ2n) is 3.46.